The van der Waals surface area contributed by atoms with Gasteiger partial charge < -0.3 is 14.9 Å². The minimum Gasteiger partial charge on any atom is -0.394 e. The third kappa shape index (κ3) is 25.8. The summed E-state index contributed by atoms with van der Waals surface area (Å²) in [7, 11) is 0. The molecule has 0 aliphatic rings. The fourth-order valence-electron chi connectivity index (χ4n) is 3.65. The van der Waals surface area contributed by atoms with Crippen molar-refractivity contribution in [2.75, 3.05) is 13.2 Å². The van der Waals surface area contributed by atoms with Crippen molar-refractivity contribution in [2.45, 2.75) is 155 Å². The zero-order valence-electron chi connectivity index (χ0n) is 20.6. The zero-order chi connectivity index (χ0) is 22.0. The lowest BCUT2D eigenvalue weighted by Crippen LogP contribution is -2.23. The highest BCUT2D eigenvalue weighted by atomic mass is 16.5. The molecule has 0 saturated heterocycles. The lowest BCUT2D eigenvalue weighted by molar-refractivity contribution is -0.0320. The highest BCUT2D eigenvalue weighted by molar-refractivity contribution is 4.66. The number of unbranched alkanes of at least 4 members (excludes halogenated alkanes) is 10. The molecule has 0 aliphatic heterocycles. The topological polar surface area (TPSA) is 49.7 Å². The van der Waals surface area contributed by atoms with E-state index in [1.807, 2.05) is 0 Å². The molecular weight excluding hydrogens is 360 g/mol. The van der Waals surface area contributed by atoms with Gasteiger partial charge in [-0.25, -0.2) is 0 Å². The second-order valence-electron chi connectivity index (χ2n) is 8.52. The molecule has 0 aromatic heterocycles. The van der Waals surface area contributed by atoms with Crippen LogP contribution >= 0.6 is 0 Å². The maximum Gasteiger partial charge on any atom is 0.0662 e. The lowest BCUT2D eigenvalue weighted by atomic mass is 10.0. The van der Waals surface area contributed by atoms with Crippen LogP contribution in [-0.2, 0) is 4.74 Å². The molecule has 29 heavy (non-hydrogen) atoms. The summed E-state index contributed by atoms with van der Waals surface area (Å²) in [5, 5.41) is 15.2. The van der Waals surface area contributed by atoms with E-state index in [1.54, 1.807) is 0 Å². The smallest absolute Gasteiger partial charge is 0.0662 e. The van der Waals surface area contributed by atoms with Gasteiger partial charge in [0, 0.05) is 0 Å². The molecule has 0 heterocycles. The third-order valence-corrected chi connectivity index (χ3v) is 5.50. The monoisotopic (exact) mass is 416 g/mol. The van der Waals surface area contributed by atoms with Crippen LogP contribution in [0, 0.1) is 0 Å². The molecule has 3 heteroatoms. The normalized spacial score (nSPS) is 13.0. The summed E-state index contributed by atoms with van der Waals surface area (Å²) in [6, 6.07) is 0. The van der Waals surface area contributed by atoms with Crippen LogP contribution in [0.2, 0.25) is 0 Å². The van der Waals surface area contributed by atoms with Gasteiger partial charge in [-0.1, -0.05) is 118 Å². The molecule has 0 bridgehead atoms. The van der Waals surface area contributed by atoms with E-state index >= 15 is 0 Å². The molecule has 0 amide bonds. The van der Waals surface area contributed by atoms with Crippen molar-refractivity contribution in [1.29, 1.82) is 0 Å². The first-order chi connectivity index (χ1) is 14.2. The van der Waals surface area contributed by atoms with Crippen LogP contribution < -0.4 is 0 Å². The Kier molecular flexibility index (Phi) is 29.9. The van der Waals surface area contributed by atoms with Crippen molar-refractivity contribution in [1.82, 2.24) is 0 Å². The number of rotatable bonds is 21. The number of aliphatic hydroxyl groups is 2. The number of hydrogen-bond acceptors (Lipinski definition) is 3. The Morgan fingerprint density at radius 3 is 1.07 bits per heavy atom. The Morgan fingerprint density at radius 2 is 0.759 bits per heavy atom. The van der Waals surface area contributed by atoms with Crippen molar-refractivity contribution in [3.05, 3.63) is 0 Å². The second kappa shape index (κ2) is 27.9. The molecule has 0 radical (unpaired) electrons. The van der Waals surface area contributed by atoms with E-state index in [0.29, 0.717) is 12.2 Å². The summed E-state index contributed by atoms with van der Waals surface area (Å²) in [6.07, 6.45) is 25.3. The summed E-state index contributed by atoms with van der Waals surface area (Å²) in [5.74, 6) is 0. The van der Waals surface area contributed by atoms with E-state index in [-0.39, 0.29) is 13.2 Å². The van der Waals surface area contributed by atoms with E-state index in [2.05, 4.69) is 27.7 Å². The maximum atomic E-state index is 7.62. The predicted molar refractivity (Wildman–Crippen MR) is 129 cm³/mol. The fourth-order valence-corrected chi connectivity index (χ4v) is 3.65. The summed E-state index contributed by atoms with van der Waals surface area (Å²) in [6.45, 7) is 8.96. The SMILES string of the molecule is CCCCCCCC(CCCC)OC(CCCC)CCCCCCC.OCCO. The zero-order valence-corrected chi connectivity index (χ0v) is 20.6. The van der Waals surface area contributed by atoms with Crippen molar-refractivity contribution >= 4 is 0 Å². The minimum absolute atomic E-state index is 0.125. The largest absolute Gasteiger partial charge is 0.394 e. The van der Waals surface area contributed by atoms with Crippen LogP contribution in [0.3, 0.4) is 0 Å². The molecular formula is C26H56O3. The van der Waals surface area contributed by atoms with E-state index in [9.17, 15) is 0 Å². The molecule has 0 aromatic rings. The van der Waals surface area contributed by atoms with Crippen LogP contribution in [-0.4, -0.2) is 35.6 Å². The van der Waals surface area contributed by atoms with Gasteiger partial charge in [0.25, 0.3) is 0 Å². The van der Waals surface area contributed by atoms with Gasteiger partial charge in [-0.2, -0.15) is 0 Å². The second-order valence-corrected chi connectivity index (χ2v) is 8.52. The standard InChI is InChI=1S/C24H50O.C2H6O2/c1-5-9-13-15-17-21-23(19-11-7-3)25-24(20-12-8-4)22-18-16-14-10-6-2;3-1-2-4/h23-24H,5-22H2,1-4H3;3-4H,1-2H2. The van der Waals surface area contributed by atoms with Crippen molar-refractivity contribution in [3.8, 4) is 0 Å². The number of ether oxygens (including phenoxy) is 1. The average molecular weight is 417 g/mol. The average Bonchev–Trinajstić information content (AvgIpc) is 2.75. The fraction of sp³-hybridized carbons (Fsp3) is 1.00. The van der Waals surface area contributed by atoms with E-state index < -0.39 is 0 Å². The molecule has 0 saturated carbocycles. The molecule has 0 spiro atoms. The summed E-state index contributed by atoms with van der Waals surface area (Å²) in [4.78, 5) is 0. The Bertz CT molecular complexity index is 245. The third-order valence-electron chi connectivity index (χ3n) is 5.50. The predicted octanol–water partition coefficient (Wildman–Crippen LogP) is 7.81. The van der Waals surface area contributed by atoms with Crippen LogP contribution in [0.1, 0.15) is 143 Å². The highest BCUT2D eigenvalue weighted by Gasteiger charge is 2.16. The Labute approximate surface area is 184 Å². The molecule has 178 valence electrons. The van der Waals surface area contributed by atoms with Crippen LogP contribution in [0.15, 0.2) is 0 Å². The number of aliphatic hydroxyl groups excluding tert-OH is 2. The Hall–Kier alpha value is -0.120. The molecule has 0 aromatic carbocycles. The van der Waals surface area contributed by atoms with Crippen LogP contribution in [0.5, 0.6) is 0 Å². The lowest BCUT2D eigenvalue weighted by Gasteiger charge is -2.25. The molecule has 0 rings (SSSR count). The summed E-state index contributed by atoms with van der Waals surface area (Å²) < 4.78 is 6.67. The summed E-state index contributed by atoms with van der Waals surface area (Å²) >= 11 is 0. The number of hydrogen-bond donors (Lipinski definition) is 2. The van der Waals surface area contributed by atoms with E-state index in [4.69, 9.17) is 14.9 Å². The van der Waals surface area contributed by atoms with Crippen molar-refractivity contribution < 1.29 is 14.9 Å². The van der Waals surface area contributed by atoms with Crippen molar-refractivity contribution in [2.24, 2.45) is 0 Å². The molecule has 3 nitrogen and oxygen atoms in total. The summed E-state index contributed by atoms with van der Waals surface area (Å²) in [5.41, 5.74) is 0. The first-order valence-corrected chi connectivity index (χ1v) is 13.1. The van der Waals surface area contributed by atoms with Crippen molar-refractivity contribution in [3.63, 3.8) is 0 Å². The first-order valence-electron chi connectivity index (χ1n) is 13.1. The molecule has 2 unspecified atom stereocenters. The van der Waals surface area contributed by atoms with Gasteiger partial charge in [-0.05, 0) is 25.7 Å². The molecule has 0 aliphatic carbocycles. The van der Waals surface area contributed by atoms with Crippen LogP contribution in [0.4, 0.5) is 0 Å². The van der Waals surface area contributed by atoms with Gasteiger partial charge in [-0.3, -0.25) is 0 Å². The van der Waals surface area contributed by atoms with Gasteiger partial charge in [0.05, 0.1) is 25.4 Å². The quantitative estimate of drug-likeness (QED) is 0.188. The van der Waals surface area contributed by atoms with Gasteiger partial charge in [0.2, 0.25) is 0 Å². The van der Waals surface area contributed by atoms with Gasteiger partial charge in [0.1, 0.15) is 0 Å². The van der Waals surface area contributed by atoms with Gasteiger partial charge in [0.15, 0.2) is 0 Å². The maximum absolute atomic E-state index is 7.62. The molecule has 2 atom stereocenters. The highest BCUT2D eigenvalue weighted by Crippen LogP contribution is 2.21. The Balaban J connectivity index is 0. The molecule has 0 fully saturated rings. The van der Waals surface area contributed by atoms with Gasteiger partial charge >= 0.3 is 0 Å². The van der Waals surface area contributed by atoms with E-state index in [0.717, 1.165) is 0 Å². The van der Waals surface area contributed by atoms with Crippen LogP contribution in [0.25, 0.3) is 0 Å². The first kappa shape index (κ1) is 31.1. The van der Waals surface area contributed by atoms with E-state index in [1.165, 1.54) is 116 Å². The molecule has 2 N–H and O–H groups in total. The van der Waals surface area contributed by atoms with Gasteiger partial charge in [-0.15, -0.1) is 0 Å². The Morgan fingerprint density at radius 1 is 0.448 bits per heavy atom. The minimum atomic E-state index is -0.125.